The molecule has 30 heavy (non-hydrogen) atoms. The highest BCUT2D eigenvalue weighted by atomic mass is 32.2. The number of ether oxygens (including phenoxy) is 1. The molecule has 0 spiro atoms. The van der Waals surface area contributed by atoms with Gasteiger partial charge in [0.1, 0.15) is 0 Å². The molecule has 158 valence electrons. The predicted molar refractivity (Wildman–Crippen MR) is 123 cm³/mol. The van der Waals surface area contributed by atoms with Crippen LogP contribution in [0.15, 0.2) is 64.5 Å². The molecule has 0 amide bonds. The van der Waals surface area contributed by atoms with Gasteiger partial charge >= 0.3 is 0 Å². The van der Waals surface area contributed by atoms with Crippen LogP contribution in [0.2, 0.25) is 0 Å². The van der Waals surface area contributed by atoms with Gasteiger partial charge in [0.15, 0.2) is 5.16 Å². The molecule has 0 bridgehead atoms. The van der Waals surface area contributed by atoms with Crippen LogP contribution in [0.5, 0.6) is 0 Å². The second-order valence-electron chi connectivity index (χ2n) is 8.25. The number of hydrogen-bond donors (Lipinski definition) is 0. The molecule has 0 N–H and O–H groups in total. The van der Waals surface area contributed by atoms with Crippen molar-refractivity contribution in [1.29, 1.82) is 0 Å². The fourth-order valence-corrected chi connectivity index (χ4v) is 4.90. The first-order valence-electron chi connectivity index (χ1n) is 10.6. The summed E-state index contributed by atoms with van der Waals surface area (Å²) in [6.07, 6.45) is 0.149. The molecule has 5 nitrogen and oxygen atoms in total. The highest BCUT2D eigenvalue weighted by Gasteiger charge is 2.22. The van der Waals surface area contributed by atoms with Crippen molar-refractivity contribution in [3.05, 3.63) is 70.5 Å². The molecule has 4 rings (SSSR count). The molecule has 0 aliphatic carbocycles. The van der Waals surface area contributed by atoms with Gasteiger partial charge in [0.25, 0.3) is 5.56 Å². The highest BCUT2D eigenvalue weighted by Crippen LogP contribution is 2.22. The Kier molecular flexibility index (Phi) is 6.87. The van der Waals surface area contributed by atoms with Crippen LogP contribution < -0.4 is 5.56 Å². The molecule has 3 aromatic rings. The van der Waals surface area contributed by atoms with Crippen molar-refractivity contribution in [2.45, 2.75) is 31.7 Å². The summed E-state index contributed by atoms with van der Waals surface area (Å²) in [6, 6.07) is 17.7. The van der Waals surface area contributed by atoms with Gasteiger partial charge in [0.2, 0.25) is 0 Å². The Bertz CT molecular complexity index is 1040. The van der Waals surface area contributed by atoms with Gasteiger partial charge in [-0.1, -0.05) is 68.1 Å². The van der Waals surface area contributed by atoms with Crippen molar-refractivity contribution in [3.8, 4) is 0 Å². The van der Waals surface area contributed by atoms with Gasteiger partial charge in [0.05, 0.1) is 30.2 Å². The van der Waals surface area contributed by atoms with Crippen molar-refractivity contribution in [2.24, 2.45) is 5.92 Å². The maximum absolute atomic E-state index is 13.2. The number of aromatic nitrogens is 2. The molecule has 0 radical (unpaired) electrons. The molecule has 1 aliphatic heterocycles. The number of morpholine rings is 1. The number of rotatable bonds is 7. The average molecular weight is 424 g/mol. The standard InChI is InChI=1S/C24H29N3O2S/c1-18(2)14-26-12-13-29-20(16-26)17-30-24-25-22-11-7-6-10-21(22)23(28)27(24)15-19-8-4-3-5-9-19/h3-11,18,20H,12-17H2,1-2H3/t20-/m1/s1. The van der Waals surface area contributed by atoms with Crippen LogP contribution in [0.3, 0.4) is 0 Å². The Morgan fingerprint density at radius 2 is 1.90 bits per heavy atom. The largest absolute Gasteiger partial charge is 0.375 e. The second kappa shape index (κ2) is 9.77. The summed E-state index contributed by atoms with van der Waals surface area (Å²) < 4.78 is 7.81. The highest BCUT2D eigenvalue weighted by molar-refractivity contribution is 7.99. The summed E-state index contributed by atoms with van der Waals surface area (Å²) in [5.41, 5.74) is 1.86. The molecule has 0 unspecified atom stereocenters. The van der Waals surface area contributed by atoms with E-state index in [0.717, 1.165) is 48.2 Å². The minimum atomic E-state index is 0.0120. The number of nitrogens with zero attached hydrogens (tertiary/aromatic N) is 3. The molecule has 1 aliphatic rings. The van der Waals surface area contributed by atoms with Crippen LogP contribution in [0.1, 0.15) is 19.4 Å². The zero-order chi connectivity index (χ0) is 20.9. The molecule has 0 saturated carbocycles. The summed E-state index contributed by atoms with van der Waals surface area (Å²) in [5.74, 6) is 1.43. The maximum atomic E-state index is 13.2. The van der Waals surface area contributed by atoms with Crippen molar-refractivity contribution < 1.29 is 4.74 Å². The van der Waals surface area contributed by atoms with Crippen LogP contribution in [0.25, 0.3) is 10.9 Å². The van der Waals surface area contributed by atoms with Crippen LogP contribution in [0, 0.1) is 5.92 Å². The first kappa shape index (κ1) is 21.1. The summed E-state index contributed by atoms with van der Waals surface area (Å²) in [6.45, 7) is 8.80. The lowest BCUT2D eigenvalue weighted by Crippen LogP contribution is -2.44. The van der Waals surface area contributed by atoms with E-state index in [1.807, 2.05) is 54.6 Å². The average Bonchev–Trinajstić information content (AvgIpc) is 2.75. The third-order valence-corrected chi connectivity index (χ3v) is 6.36. The molecule has 1 aromatic heterocycles. The van der Waals surface area contributed by atoms with E-state index in [0.29, 0.717) is 17.8 Å². The van der Waals surface area contributed by atoms with Crippen LogP contribution in [0.4, 0.5) is 0 Å². The Hall–Kier alpha value is -2.15. The fraction of sp³-hybridized carbons (Fsp3) is 0.417. The summed E-state index contributed by atoms with van der Waals surface area (Å²) in [5, 5.41) is 1.42. The van der Waals surface area contributed by atoms with E-state index >= 15 is 0 Å². The van der Waals surface area contributed by atoms with Gasteiger partial charge in [-0.05, 0) is 23.6 Å². The molecule has 1 fully saturated rings. The quantitative estimate of drug-likeness (QED) is 0.426. The molecule has 6 heteroatoms. The predicted octanol–water partition coefficient (Wildman–Crippen LogP) is 3.89. The second-order valence-corrected chi connectivity index (χ2v) is 9.23. The van der Waals surface area contributed by atoms with Gasteiger partial charge in [-0.15, -0.1) is 0 Å². The first-order valence-corrected chi connectivity index (χ1v) is 11.6. The summed E-state index contributed by atoms with van der Waals surface area (Å²) in [4.78, 5) is 20.6. The van der Waals surface area contributed by atoms with Gasteiger partial charge in [-0.2, -0.15) is 0 Å². The van der Waals surface area contributed by atoms with Crippen molar-refractivity contribution >= 4 is 22.7 Å². The van der Waals surface area contributed by atoms with Gasteiger partial charge in [-0.3, -0.25) is 14.3 Å². The lowest BCUT2D eigenvalue weighted by atomic mass is 10.2. The van der Waals surface area contributed by atoms with E-state index < -0.39 is 0 Å². The number of thioether (sulfide) groups is 1. The third kappa shape index (κ3) is 5.12. The van der Waals surface area contributed by atoms with Crippen molar-refractivity contribution in [3.63, 3.8) is 0 Å². The lowest BCUT2D eigenvalue weighted by molar-refractivity contribution is -0.0191. The van der Waals surface area contributed by atoms with E-state index in [-0.39, 0.29) is 11.7 Å². The Labute approximate surface area is 182 Å². The van der Waals surface area contributed by atoms with E-state index in [1.54, 1.807) is 16.3 Å². The number of benzene rings is 2. The molecular formula is C24H29N3O2S. The lowest BCUT2D eigenvalue weighted by Gasteiger charge is -2.33. The van der Waals surface area contributed by atoms with E-state index in [4.69, 9.17) is 9.72 Å². The Balaban J connectivity index is 1.57. The normalized spacial score (nSPS) is 17.6. The maximum Gasteiger partial charge on any atom is 0.262 e. The minimum absolute atomic E-state index is 0.0120. The summed E-state index contributed by atoms with van der Waals surface area (Å²) in [7, 11) is 0. The molecule has 1 saturated heterocycles. The Morgan fingerprint density at radius 1 is 1.13 bits per heavy atom. The Morgan fingerprint density at radius 3 is 2.70 bits per heavy atom. The van der Waals surface area contributed by atoms with E-state index in [2.05, 4.69) is 18.7 Å². The monoisotopic (exact) mass is 423 g/mol. The van der Waals surface area contributed by atoms with Crippen molar-refractivity contribution in [1.82, 2.24) is 14.5 Å². The zero-order valence-corrected chi connectivity index (χ0v) is 18.5. The number of para-hydroxylation sites is 1. The van der Waals surface area contributed by atoms with Gasteiger partial charge in [-0.25, -0.2) is 4.98 Å². The van der Waals surface area contributed by atoms with Crippen LogP contribution >= 0.6 is 11.8 Å². The zero-order valence-electron chi connectivity index (χ0n) is 17.7. The van der Waals surface area contributed by atoms with Crippen LogP contribution in [-0.2, 0) is 11.3 Å². The van der Waals surface area contributed by atoms with Crippen LogP contribution in [-0.4, -0.2) is 52.5 Å². The molecular weight excluding hydrogens is 394 g/mol. The third-order valence-electron chi connectivity index (χ3n) is 5.25. The molecule has 2 aromatic carbocycles. The topological polar surface area (TPSA) is 47.4 Å². The van der Waals surface area contributed by atoms with Gasteiger partial charge < -0.3 is 4.74 Å². The SMILES string of the molecule is CC(C)CN1CCO[C@@H](CSc2nc3ccccc3c(=O)n2Cc2ccccc2)C1. The van der Waals surface area contributed by atoms with E-state index in [1.165, 1.54) is 0 Å². The van der Waals surface area contributed by atoms with E-state index in [9.17, 15) is 4.79 Å². The number of hydrogen-bond acceptors (Lipinski definition) is 5. The van der Waals surface area contributed by atoms with Crippen molar-refractivity contribution in [2.75, 3.05) is 32.0 Å². The first-order chi connectivity index (χ1) is 14.6. The van der Waals surface area contributed by atoms with Gasteiger partial charge in [0, 0.05) is 25.4 Å². The molecule has 1 atom stereocenters. The smallest absolute Gasteiger partial charge is 0.262 e. The summed E-state index contributed by atoms with van der Waals surface area (Å²) >= 11 is 1.62. The minimum Gasteiger partial charge on any atom is -0.375 e. The fourth-order valence-electron chi connectivity index (χ4n) is 3.89. The number of fused-ring (bicyclic) bond motifs is 1. The molecule has 2 heterocycles.